The Balaban J connectivity index is 1.65. The minimum absolute atomic E-state index is 0.215. The number of oxazole rings is 1. The molecular weight excluding hydrogens is 428 g/mol. The number of rotatable bonds is 5. The molecule has 0 bridgehead atoms. The van der Waals surface area contributed by atoms with Gasteiger partial charge in [-0.15, -0.1) is 0 Å². The van der Waals surface area contributed by atoms with E-state index in [1.54, 1.807) is 13.2 Å². The molecule has 3 heterocycles. The highest BCUT2D eigenvalue weighted by molar-refractivity contribution is 6.08. The average Bonchev–Trinajstić information content (AvgIpc) is 3.47. The van der Waals surface area contributed by atoms with Crippen LogP contribution >= 0.6 is 0 Å². The van der Waals surface area contributed by atoms with Crippen LogP contribution in [0.5, 0.6) is 0 Å². The summed E-state index contributed by atoms with van der Waals surface area (Å²) in [6.07, 6.45) is 4.49. The number of hydrogen-bond acceptors (Lipinski definition) is 6. The van der Waals surface area contributed by atoms with Gasteiger partial charge >= 0.3 is 0 Å². The smallest absolute Gasteiger partial charge is 0.250 e. The zero-order valence-corrected chi connectivity index (χ0v) is 18.7. The van der Waals surface area contributed by atoms with Gasteiger partial charge in [0.25, 0.3) is 5.91 Å². The molecule has 0 fully saturated rings. The van der Waals surface area contributed by atoms with Crippen LogP contribution in [0.25, 0.3) is 44.7 Å². The van der Waals surface area contributed by atoms with Crippen molar-refractivity contribution in [2.45, 2.75) is 6.92 Å². The number of hydrogen-bond donors (Lipinski definition) is 2. The summed E-state index contributed by atoms with van der Waals surface area (Å²) in [6.45, 7) is 5.35. The summed E-state index contributed by atoms with van der Waals surface area (Å²) < 4.78 is 7.12. The van der Waals surface area contributed by atoms with E-state index in [0.717, 1.165) is 44.7 Å². The van der Waals surface area contributed by atoms with Crippen LogP contribution in [0, 0.1) is 0 Å². The largest absolute Gasteiger partial charge is 0.451 e. The fraction of sp³-hybridized carbons (Fsp3) is 0.0769. The number of aryl methyl sites for hydroxylation is 1. The number of carbonyl (C=O) groups excluding carboxylic acids is 1. The van der Waals surface area contributed by atoms with Crippen LogP contribution in [-0.2, 0) is 11.8 Å². The Kier molecular flexibility index (Phi) is 5.18. The highest BCUT2D eigenvalue weighted by Gasteiger charge is 2.22. The Morgan fingerprint density at radius 1 is 1.00 bits per heavy atom. The molecule has 8 heteroatoms. The average molecular weight is 451 g/mol. The van der Waals surface area contributed by atoms with E-state index in [4.69, 9.17) is 10.2 Å². The third-order valence-corrected chi connectivity index (χ3v) is 5.70. The van der Waals surface area contributed by atoms with Crippen molar-refractivity contribution in [3.05, 3.63) is 79.7 Å². The van der Waals surface area contributed by atoms with E-state index in [1.807, 2.05) is 60.1 Å². The molecule has 0 radical (unpaired) electrons. The predicted octanol–water partition coefficient (Wildman–Crippen LogP) is 5.05. The Hall–Kier alpha value is -4.72. The maximum Gasteiger partial charge on any atom is 0.250 e. The monoisotopic (exact) mass is 450 g/mol. The molecule has 3 N–H and O–H groups in total. The van der Waals surface area contributed by atoms with Crippen molar-refractivity contribution in [2.75, 3.05) is 11.1 Å². The van der Waals surface area contributed by atoms with Crippen molar-refractivity contribution in [3.63, 3.8) is 0 Å². The molecule has 0 aliphatic rings. The zero-order valence-electron chi connectivity index (χ0n) is 18.7. The number of nitrogens with two attached hydrogens (primary N) is 1. The molecule has 34 heavy (non-hydrogen) atoms. The van der Waals surface area contributed by atoms with Crippen LogP contribution in [0.4, 0.5) is 11.5 Å². The minimum atomic E-state index is -0.215. The lowest BCUT2D eigenvalue weighted by Crippen LogP contribution is -2.11. The van der Waals surface area contributed by atoms with Gasteiger partial charge in [-0.1, -0.05) is 43.0 Å². The van der Waals surface area contributed by atoms with E-state index in [1.165, 1.54) is 12.7 Å². The number of anilines is 2. The number of nitrogen functional groups attached to an aromatic ring is 1. The summed E-state index contributed by atoms with van der Waals surface area (Å²) >= 11 is 0. The lowest BCUT2D eigenvalue weighted by atomic mass is 9.97. The summed E-state index contributed by atoms with van der Waals surface area (Å²) in [5, 5.41) is 3.62. The maximum atomic E-state index is 12.0. The quantitative estimate of drug-likeness (QED) is 0.362. The Morgan fingerprint density at radius 2 is 1.68 bits per heavy atom. The van der Waals surface area contributed by atoms with Gasteiger partial charge < -0.3 is 20.0 Å². The van der Waals surface area contributed by atoms with E-state index >= 15 is 0 Å². The van der Waals surface area contributed by atoms with Gasteiger partial charge in [-0.2, -0.15) is 0 Å². The van der Waals surface area contributed by atoms with Crippen LogP contribution in [0.15, 0.2) is 84.1 Å². The molecule has 0 aliphatic carbocycles. The van der Waals surface area contributed by atoms with E-state index in [9.17, 15) is 4.79 Å². The van der Waals surface area contributed by atoms with E-state index in [-0.39, 0.29) is 5.91 Å². The van der Waals surface area contributed by atoms with E-state index in [0.29, 0.717) is 17.1 Å². The zero-order chi connectivity index (χ0) is 23.8. The SMILES string of the molecule is C=C(C)C(=O)Nc1ccc(-c2c(-c3ccc(-c4cocn4)cc3)c3c(N)ncnc3n2C)cc1. The minimum Gasteiger partial charge on any atom is -0.451 e. The first-order valence-corrected chi connectivity index (χ1v) is 10.6. The van der Waals surface area contributed by atoms with Gasteiger partial charge in [0.2, 0.25) is 0 Å². The standard InChI is InChI=1S/C26H22N6O2/c1-15(2)26(33)31-19-10-8-18(9-11-19)23-21(22-24(27)28-13-29-25(22)32(23)3)17-6-4-16(5-7-17)20-12-34-14-30-20/h4-14H,1H2,2-3H3,(H,31,33)(H2,27,28,29). The molecular formula is C26H22N6O2. The van der Waals surface area contributed by atoms with Crippen LogP contribution in [0.3, 0.4) is 0 Å². The van der Waals surface area contributed by atoms with Crippen LogP contribution < -0.4 is 11.1 Å². The molecule has 0 spiro atoms. The fourth-order valence-corrected chi connectivity index (χ4v) is 4.01. The van der Waals surface area contributed by atoms with Crippen molar-refractivity contribution < 1.29 is 9.21 Å². The van der Waals surface area contributed by atoms with Crippen LogP contribution in [-0.4, -0.2) is 25.4 Å². The number of nitrogens with one attached hydrogen (secondary N) is 1. The molecule has 0 unspecified atom stereocenters. The topological polar surface area (TPSA) is 112 Å². The number of amides is 1. The molecule has 2 aromatic carbocycles. The molecule has 1 amide bonds. The summed E-state index contributed by atoms with van der Waals surface area (Å²) in [6, 6.07) is 15.7. The van der Waals surface area contributed by atoms with Gasteiger partial charge in [0, 0.05) is 29.4 Å². The van der Waals surface area contributed by atoms with Crippen molar-refractivity contribution in [3.8, 4) is 33.6 Å². The molecule has 0 aliphatic heterocycles. The second-order valence-corrected chi connectivity index (χ2v) is 8.00. The molecule has 8 nitrogen and oxygen atoms in total. The van der Waals surface area contributed by atoms with Gasteiger partial charge in [0.1, 0.15) is 29.7 Å². The maximum absolute atomic E-state index is 12.0. The molecule has 168 valence electrons. The van der Waals surface area contributed by atoms with Gasteiger partial charge in [0.15, 0.2) is 6.39 Å². The number of benzene rings is 2. The van der Waals surface area contributed by atoms with Crippen LogP contribution in [0.2, 0.25) is 0 Å². The molecule has 3 aromatic heterocycles. The van der Waals surface area contributed by atoms with Gasteiger partial charge in [-0.25, -0.2) is 15.0 Å². The molecule has 0 saturated heterocycles. The lowest BCUT2D eigenvalue weighted by Gasteiger charge is -2.11. The third kappa shape index (κ3) is 3.61. The fourth-order valence-electron chi connectivity index (χ4n) is 4.01. The number of carbonyl (C=O) groups is 1. The summed E-state index contributed by atoms with van der Waals surface area (Å²) in [7, 11) is 1.95. The second kappa shape index (κ2) is 8.32. The molecule has 0 atom stereocenters. The Morgan fingerprint density at radius 3 is 2.32 bits per heavy atom. The number of fused-ring (bicyclic) bond motifs is 1. The highest BCUT2D eigenvalue weighted by atomic mass is 16.3. The van der Waals surface area contributed by atoms with Gasteiger partial charge in [0.05, 0.1) is 11.1 Å². The number of aromatic nitrogens is 4. The Labute approximate surface area is 195 Å². The van der Waals surface area contributed by atoms with Crippen LogP contribution in [0.1, 0.15) is 6.92 Å². The Bertz CT molecular complexity index is 1510. The molecule has 5 aromatic rings. The summed E-state index contributed by atoms with van der Waals surface area (Å²) in [4.78, 5) is 24.9. The van der Waals surface area contributed by atoms with Gasteiger partial charge in [-0.05, 0) is 30.2 Å². The summed E-state index contributed by atoms with van der Waals surface area (Å²) in [5.74, 6) is 0.195. The summed E-state index contributed by atoms with van der Waals surface area (Å²) in [5.41, 5.74) is 13.7. The van der Waals surface area contributed by atoms with Crippen molar-refractivity contribution in [1.29, 1.82) is 0 Å². The first-order valence-electron chi connectivity index (χ1n) is 10.6. The lowest BCUT2D eigenvalue weighted by molar-refractivity contribution is -0.112. The number of nitrogens with zero attached hydrogens (tertiary/aromatic N) is 4. The van der Waals surface area contributed by atoms with E-state index < -0.39 is 0 Å². The van der Waals surface area contributed by atoms with E-state index in [2.05, 4.69) is 26.8 Å². The third-order valence-electron chi connectivity index (χ3n) is 5.70. The molecule has 5 rings (SSSR count). The molecule has 0 saturated carbocycles. The van der Waals surface area contributed by atoms with Crippen molar-refractivity contribution in [2.24, 2.45) is 7.05 Å². The predicted molar refractivity (Wildman–Crippen MR) is 133 cm³/mol. The highest BCUT2D eigenvalue weighted by Crippen LogP contribution is 2.42. The van der Waals surface area contributed by atoms with Gasteiger partial charge in [-0.3, -0.25) is 4.79 Å². The normalized spacial score (nSPS) is 11.0. The van der Waals surface area contributed by atoms with Crippen molar-refractivity contribution in [1.82, 2.24) is 19.5 Å². The van der Waals surface area contributed by atoms with Crippen molar-refractivity contribution >= 4 is 28.4 Å². The first kappa shape index (κ1) is 21.1. The first-order chi connectivity index (χ1) is 16.4. The second-order valence-electron chi connectivity index (χ2n) is 8.00.